The lowest BCUT2D eigenvalue weighted by atomic mass is 10.2. The number of rotatable bonds is 3. The standard InChI is InChI=1S/C18H13NS3/c1-20-14-9-7-12(8-10-14)16-17-15(11-21-16)19-18(22-17)13-5-3-2-4-6-13/h2-11H,1H3. The van der Waals surface area contributed by atoms with Crippen molar-refractivity contribution >= 4 is 44.7 Å². The molecule has 0 fully saturated rings. The monoisotopic (exact) mass is 339 g/mol. The Morgan fingerprint density at radius 1 is 0.909 bits per heavy atom. The zero-order valence-corrected chi connectivity index (χ0v) is 14.4. The van der Waals surface area contributed by atoms with Gasteiger partial charge < -0.3 is 0 Å². The van der Waals surface area contributed by atoms with Crippen LogP contribution in [-0.2, 0) is 0 Å². The minimum Gasteiger partial charge on any atom is -0.235 e. The van der Waals surface area contributed by atoms with Gasteiger partial charge in [0.1, 0.15) is 5.01 Å². The van der Waals surface area contributed by atoms with E-state index in [9.17, 15) is 0 Å². The van der Waals surface area contributed by atoms with E-state index in [0.717, 1.165) is 10.5 Å². The maximum atomic E-state index is 4.79. The average Bonchev–Trinajstić information content (AvgIpc) is 3.16. The Hall–Kier alpha value is -1.62. The van der Waals surface area contributed by atoms with Crippen molar-refractivity contribution < 1.29 is 0 Å². The van der Waals surface area contributed by atoms with Gasteiger partial charge >= 0.3 is 0 Å². The summed E-state index contributed by atoms with van der Waals surface area (Å²) in [4.78, 5) is 7.41. The Morgan fingerprint density at radius 3 is 2.41 bits per heavy atom. The summed E-state index contributed by atoms with van der Waals surface area (Å²) in [6, 6.07) is 19.2. The fourth-order valence-corrected chi connectivity index (χ4v) is 5.04. The highest BCUT2D eigenvalue weighted by Crippen LogP contribution is 2.41. The molecule has 0 saturated carbocycles. The number of hydrogen-bond acceptors (Lipinski definition) is 4. The molecule has 0 atom stereocenters. The Bertz CT molecular complexity index is 905. The van der Waals surface area contributed by atoms with Crippen molar-refractivity contribution in [3.8, 4) is 21.0 Å². The van der Waals surface area contributed by atoms with Gasteiger partial charge in [-0.25, -0.2) is 4.98 Å². The average molecular weight is 340 g/mol. The number of hydrogen-bond donors (Lipinski definition) is 0. The lowest BCUT2D eigenvalue weighted by Crippen LogP contribution is -1.73. The van der Waals surface area contributed by atoms with Gasteiger partial charge in [0.05, 0.1) is 15.1 Å². The molecule has 108 valence electrons. The molecule has 0 saturated heterocycles. The van der Waals surface area contributed by atoms with Crippen molar-refractivity contribution in [1.82, 2.24) is 4.98 Å². The van der Waals surface area contributed by atoms with Crippen molar-refractivity contribution in [2.24, 2.45) is 0 Å². The molecular formula is C18H13NS3. The molecule has 2 aromatic carbocycles. The van der Waals surface area contributed by atoms with Crippen molar-refractivity contribution in [2.75, 3.05) is 6.26 Å². The zero-order valence-electron chi connectivity index (χ0n) is 11.9. The third-order valence-corrected chi connectivity index (χ3v) is 6.55. The van der Waals surface area contributed by atoms with Gasteiger partial charge in [0.25, 0.3) is 0 Å². The number of thiophene rings is 1. The Labute approximate surface area is 141 Å². The van der Waals surface area contributed by atoms with Gasteiger partial charge in [-0.1, -0.05) is 42.5 Å². The molecule has 22 heavy (non-hydrogen) atoms. The molecule has 0 unspecified atom stereocenters. The Balaban J connectivity index is 1.80. The normalized spacial score (nSPS) is 11.1. The van der Waals surface area contributed by atoms with E-state index >= 15 is 0 Å². The van der Waals surface area contributed by atoms with Crippen molar-refractivity contribution in [1.29, 1.82) is 0 Å². The number of fused-ring (bicyclic) bond motifs is 1. The van der Waals surface area contributed by atoms with Gasteiger partial charge in [0.2, 0.25) is 0 Å². The summed E-state index contributed by atoms with van der Waals surface area (Å²) in [5.41, 5.74) is 3.58. The van der Waals surface area contributed by atoms with Crippen LogP contribution < -0.4 is 0 Å². The van der Waals surface area contributed by atoms with Crippen LogP contribution in [0.15, 0.2) is 64.9 Å². The molecular weight excluding hydrogens is 326 g/mol. The Kier molecular flexibility index (Phi) is 3.74. The molecule has 4 aromatic rings. The smallest absolute Gasteiger partial charge is 0.124 e. The summed E-state index contributed by atoms with van der Waals surface area (Å²) in [6.45, 7) is 0. The van der Waals surface area contributed by atoms with E-state index in [1.54, 1.807) is 34.4 Å². The predicted molar refractivity (Wildman–Crippen MR) is 100 cm³/mol. The van der Waals surface area contributed by atoms with Crippen LogP contribution in [0.4, 0.5) is 0 Å². The van der Waals surface area contributed by atoms with E-state index in [1.165, 1.54) is 25.6 Å². The summed E-state index contributed by atoms with van der Waals surface area (Å²) in [5.74, 6) is 0. The highest BCUT2D eigenvalue weighted by atomic mass is 32.2. The molecule has 0 aliphatic rings. The summed E-state index contributed by atoms with van der Waals surface area (Å²) < 4.78 is 1.29. The van der Waals surface area contributed by atoms with Crippen LogP contribution in [0.1, 0.15) is 0 Å². The maximum absolute atomic E-state index is 4.79. The van der Waals surface area contributed by atoms with Crippen molar-refractivity contribution in [2.45, 2.75) is 4.90 Å². The van der Waals surface area contributed by atoms with Gasteiger partial charge in [0, 0.05) is 15.8 Å². The first-order valence-corrected chi connectivity index (χ1v) is 9.85. The summed E-state index contributed by atoms with van der Waals surface area (Å²) in [6.07, 6.45) is 2.10. The van der Waals surface area contributed by atoms with E-state index in [1.807, 2.05) is 6.07 Å². The van der Waals surface area contributed by atoms with Crippen LogP contribution in [0.5, 0.6) is 0 Å². The second-order valence-electron chi connectivity index (χ2n) is 4.89. The van der Waals surface area contributed by atoms with Crippen LogP contribution in [-0.4, -0.2) is 11.2 Å². The third kappa shape index (κ3) is 2.47. The van der Waals surface area contributed by atoms with Gasteiger partial charge in [-0.3, -0.25) is 0 Å². The predicted octanol–water partition coefficient (Wildman–Crippen LogP) is 6.41. The molecule has 1 nitrogen and oxygen atoms in total. The molecule has 0 spiro atoms. The zero-order chi connectivity index (χ0) is 14.9. The topological polar surface area (TPSA) is 12.9 Å². The highest BCUT2D eigenvalue weighted by Gasteiger charge is 2.13. The molecule has 0 aliphatic heterocycles. The highest BCUT2D eigenvalue weighted by molar-refractivity contribution is 7.98. The number of benzene rings is 2. The second kappa shape index (κ2) is 5.88. The molecule has 4 heteroatoms. The SMILES string of the molecule is CSc1ccc(-c2scc3nc(-c4ccccc4)sc23)cc1. The van der Waals surface area contributed by atoms with Crippen LogP contribution in [0.25, 0.3) is 31.2 Å². The van der Waals surface area contributed by atoms with Gasteiger partial charge in [-0.15, -0.1) is 34.4 Å². The largest absolute Gasteiger partial charge is 0.235 e. The molecule has 0 aliphatic carbocycles. The number of thiazole rings is 1. The van der Waals surface area contributed by atoms with E-state index < -0.39 is 0 Å². The first-order valence-electron chi connectivity index (χ1n) is 6.93. The minimum atomic E-state index is 1.10. The maximum Gasteiger partial charge on any atom is 0.124 e. The van der Waals surface area contributed by atoms with Crippen LogP contribution >= 0.6 is 34.4 Å². The fourth-order valence-electron chi connectivity index (χ4n) is 2.39. The second-order valence-corrected chi connectivity index (χ2v) is 7.65. The van der Waals surface area contributed by atoms with E-state index in [2.05, 4.69) is 60.2 Å². The lowest BCUT2D eigenvalue weighted by Gasteiger charge is -2.00. The van der Waals surface area contributed by atoms with E-state index in [0.29, 0.717) is 0 Å². The lowest BCUT2D eigenvalue weighted by molar-refractivity contribution is 1.47. The van der Waals surface area contributed by atoms with Gasteiger partial charge in [-0.2, -0.15) is 0 Å². The molecule has 0 radical (unpaired) electrons. The first-order chi connectivity index (χ1) is 10.8. The van der Waals surface area contributed by atoms with Crippen LogP contribution in [0.2, 0.25) is 0 Å². The summed E-state index contributed by atoms with van der Waals surface area (Å²) >= 11 is 5.34. The number of aromatic nitrogens is 1. The summed E-state index contributed by atoms with van der Waals surface area (Å²) in [5, 5.41) is 3.26. The van der Waals surface area contributed by atoms with Gasteiger partial charge in [-0.05, 0) is 24.0 Å². The van der Waals surface area contributed by atoms with E-state index in [-0.39, 0.29) is 0 Å². The quantitative estimate of drug-likeness (QED) is 0.400. The molecule has 0 N–H and O–H groups in total. The third-order valence-electron chi connectivity index (χ3n) is 3.52. The first kappa shape index (κ1) is 14.0. The number of nitrogens with zero attached hydrogens (tertiary/aromatic N) is 1. The van der Waals surface area contributed by atoms with Crippen molar-refractivity contribution in [3.05, 3.63) is 60.0 Å². The van der Waals surface area contributed by atoms with Crippen LogP contribution in [0.3, 0.4) is 0 Å². The molecule has 4 rings (SSSR count). The minimum absolute atomic E-state index is 1.10. The Morgan fingerprint density at radius 2 is 1.68 bits per heavy atom. The van der Waals surface area contributed by atoms with Crippen LogP contribution in [0, 0.1) is 0 Å². The van der Waals surface area contributed by atoms with E-state index in [4.69, 9.17) is 4.98 Å². The molecule has 2 aromatic heterocycles. The molecule has 0 amide bonds. The van der Waals surface area contributed by atoms with Crippen molar-refractivity contribution in [3.63, 3.8) is 0 Å². The number of thioether (sulfide) groups is 1. The molecule has 0 bridgehead atoms. The van der Waals surface area contributed by atoms with Gasteiger partial charge in [0.15, 0.2) is 0 Å². The molecule has 2 heterocycles. The summed E-state index contributed by atoms with van der Waals surface area (Å²) in [7, 11) is 0. The fraction of sp³-hybridized carbons (Fsp3) is 0.0556.